The third-order valence-corrected chi connectivity index (χ3v) is 4.94. The molecule has 1 heterocycles. The third-order valence-electron chi connectivity index (χ3n) is 4.63. The zero-order valence-corrected chi connectivity index (χ0v) is 16.8. The summed E-state index contributed by atoms with van der Waals surface area (Å²) in [5.41, 5.74) is 3.87. The van der Waals surface area contributed by atoms with E-state index in [2.05, 4.69) is 4.98 Å². The van der Waals surface area contributed by atoms with E-state index in [-0.39, 0.29) is 29.5 Å². The smallest absolute Gasteiger partial charge is 0.170 e. The van der Waals surface area contributed by atoms with Crippen LogP contribution in [0.5, 0.6) is 5.75 Å². The summed E-state index contributed by atoms with van der Waals surface area (Å²) in [6.07, 6.45) is 3.12. The number of rotatable bonds is 4. The Morgan fingerprint density at radius 2 is 1.93 bits per heavy atom. The van der Waals surface area contributed by atoms with E-state index < -0.39 is 0 Å². The zero-order chi connectivity index (χ0) is 21.7. The number of hydrogen-bond acceptors (Lipinski definition) is 6. The number of aromatic nitrogens is 1. The van der Waals surface area contributed by atoms with Crippen molar-refractivity contribution in [3.8, 4) is 5.75 Å². The number of ether oxygens (including phenoxy) is 1. The highest BCUT2D eigenvalue weighted by atomic mass is 35.5. The zero-order valence-electron chi connectivity index (χ0n) is 16.1. The lowest BCUT2D eigenvalue weighted by atomic mass is 9.90. The molecule has 0 aliphatic heterocycles. The minimum atomic E-state index is -0.144. The number of aldehydes is 2. The van der Waals surface area contributed by atoms with Gasteiger partial charge in [-0.15, -0.1) is 0 Å². The topological polar surface area (TPSA) is 93.6 Å². The molecule has 6 nitrogen and oxygen atoms in total. The number of fused-ring (bicyclic) bond motifs is 2. The molecule has 1 N–H and O–H groups in total. The summed E-state index contributed by atoms with van der Waals surface area (Å²) < 4.78 is 5.08. The van der Waals surface area contributed by atoms with Crippen LogP contribution >= 0.6 is 11.6 Å². The van der Waals surface area contributed by atoms with Crippen LogP contribution in [-0.4, -0.2) is 35.6 Å². The SMILES string of the molecule is COc1ccc2nc(Cl)c(C=O)cc2c1.O=CC1=Cc2cc(CO)ccc2CC1=O. The summed E-state index contributed by atoms with van der Waals surface area (Å²) >= 11 is 5.80. The number of methoxy groups -OCH3 is 1. The molecule has 0 amide bonds. The highest BCUT2D eigenvalue weighted by Gasteiger charge is 2.17. The summed E-state index contributed by atoms with van der Waals surface area (Å²) in [5, 5.41) is 10.0. The Morgan fingerprint density at radius 1 is 1.13 bits per heavy atom. The van der Waals surface area contributed by atoms with E-state index >= 15 is 0 Å². The highest BCUT2D eigenvalue weighted by molar-refractivity contribution is 6.32. The Bertz CT molecular complexity index is 1170. The summed E-state index contributed by atoms with van der Waals surface area (Å²) in [7, 11) is 1.59. The lowest BCUT2D eigenvalue weighted by molar-refractivity contribution is -0.117. The number of Topliss-reactive ketones (excluding diaryl/α,β-unsaturated/α-hetero) is 1. The number of benzene rings is 2. The first-order chi connectivity index (χ1) is 14.5. The quantitative estimate of drug-likeness (QED) is 0.391. The molecule has 0 saturated heterocycles. The van der Waals surface area contributed by atoms with Crippen LogP contribution in [0.4, 0.5) is 0 Å². The Kier molecular flexibility index (Phi) is 6.72. The van der Waals surface area contributed by atoms with Gasteiger partial charge in [0, 0.05) is 11.8 Å². The van der Waals surface area contributed by atoms with Crippen LogP contribution in [-0.2, 0) is 22.6 Å². The maximum atomic E-state index is 11.4. The van der Waals surface area contributed by atoms with Gasteiger partial charge in [0.05, 0.1) is 30.4 Å². The van der Waals surface area contributed by atoms with Crippen LogP contribution in [0.15, 0.2) is 48.0 Å². The molecule has 30 heavy (non-hydrogen) atoms. The van der Waals surface area contributed by atoms with Gasteiger partial charge >= 0.3 is 0 Å². The Hall–Kier alpha value is -3.35. The monoisotopic (exact) mass is 423 g/mol. The molecule has 1 aromatic heterocycles. The van der Waals surface area contributed by atoms with Gasteiger partial charge in [-0.3, -0.25) is 14.4 Å². The predicted octanol–water partition coefficient (Wildman–Crippen LogP) is 3.60. The number of pyridine rings is 1. The number of carbonyl (C=O) groups is 3. The summed E-state index contributed by atoms with van der Waals surface area (Å²) in [6.45, 7) is -0.0362. The van der Waals surface area contributed by atoms with E-state index in [4.69, 9.17) is 21.4 Å². The van der Waals surface area contributed by atoms with Crippen molar-refractivity contribution < 1.29 is 24.2 Å². The lowest BCUT2D eigenvalue weighted by Gasteiger charge is -2.12. The van der Waals surface area contributed by atoms with Crippen molar-refractivity contribution in [2.75, 3.05) is 7.11 Å². The largest absolute Gasteiger partial charge is 0.497 e. The molecule has 1 aliphatic rings. The van der Waals surface area contributed by atoms with Crippen LogP contribution in [0.2, 0.25) is 5.15 Å². The van der Waals surface area contributed by atoms with Crippen LogP contribution < -0.4 is 4.74 Å². The first kappa shape index (κ1) is 21.4. The second kappa shape index (κ2) is 9.43. The van der Waals surface area contributed by atoms with Crippen molar-refractivity contribution in [3.63, 3.8) is 0 Å². The molecular weight excluding hydrogens is 406 g/mol. The maximum Gasteiger partial charge on any atom is 0.170 e. The van der Waals surface area contributed by atoms with E-state index in [0.717, 1.165) is 33.3 Å². The van der Waals surface area contributed by atoms with E-state index in [9.17, 15) is 14.4 Å². The lowest BCUT2D eigenvalue weighted by Crippen LogP contribution is -2.13. The molecule has 0 bridgehead atoms. The summed E-state index contributed by atoms with van der Waals surface area (Å²) in [5.74, 6) is 0.581. The van der Waals surface area contributed by atoms with Gasteiger partial charge in [0.15, 0.2) is 18.4 Å². The average molecular weight is 424 g/mol. The fourth-order valence-corrected chi connectivity index (χ4v) is 3.21. The van der Waals surface area contributed by atoms with Crippen LogP contribution in [0.1, 0.15) is 27.0 Å². The van der Waals surface area contributed by atoms with Gasteiger partial charge in [-0.2, -0.15) is 0 Å². The van der Waals surface area contributed by atoms with Gasteiger partial charge in [-0.1, -0.05) is 23.7 Å². The number of ketones is 1. The molecule has 0 unspecified atom stereocenters. The Labute approximate surface area is 177 Å². The minimum Gasteiger partial charge on any atom is -0.497 e. The third kappa shape index (κ3) is 4.62. The fraction of sp³-hybridized carbons (Fsp3) is 0.130. The first-order valence-corrected chi connectivity index (χ1v) is 9.39. The van der Waals surface area contributed by atoms with E-state index in [0.29, 0.717) is 18.1 Å². The number of hydrogen-bond donors (Lipinski definition) is 1. The molecule has 0 saturated carbocycles. The molecule has 1 aliphatic carbocycles. The van der Waals surface area contributed by atoms with Gasteiger partial charge < -0.3 is 9.84 Å². The minimum absolute atomic E-state index is 0.0362. The molecule has 0 fully saturated rings. The molecule has 0 atom stereocenters. The molecule has 0 spiro atoms. The number of nitrogens with zero attached hydrogens (tertiary/aromatic N) is 1. The standard InChI is InChI=1S/C12H10O3.C11H8ClNO2/c13-6-8-1-2-9-5-12(15)11(7-14)4-10(9)3-8;1-15-9-2-3-10-7(5-9)4-8(6-14)11(12)13-10/h1-4,7,13H,5-6H2;2-6H,1H3. The van der Waals surface area contributed by atoms with E-state index in [1.54, 1.807) is 43.5 Å². The normalized spacial score (nSPS) is 12.4. The molecule has 0 radical (unpaired) electrons. The number of carbonyl (C=O) groups excluding carboxylic acids is 3. The van der Waals surface area contributed by atoms with Crippen molar-refractivity contribution in [1.82, 2.24) is 4.98 Å². The van der Waals surface area contributed by atoms with Gasteiger partial charge in [0.25, 0.3) is 0 Å². The molecule has 4 rings (SSSR count). The van der Waals surface area contributed by atoms with E-state index in [1.165, 1.54) is 0 Å². The van der Waals surface area contributed by atoms with Crippen LogP contribution in [0.3, 0.4) is 0 Å². The molecule has 152 valence electrons. The summed E-state index contributed by atoms with van der Waals surface area (Å²) in [4.78, 5) is 36.8. The Morgan fingerprint density at radius 3 is 2.60 bits per heavy atom. The van der Waals surface area contributed by atoms with Gasteiger partial charge in [-0.05, 0) is 53.1 Å². The average Bonchev–Trinajstić information content (AvgIpc) is 2.77. The fourth-order valence-electron chi connectivity index (χ4n) is 3.02. The second-order valence-corrected chi connectivity index (χ2v) is 6.91. The maximum absolute atomic E-state index is 11.4. The van der Waals surface area contributed by atoms with Crippen molar-refractivity contribution in [1.29, 1.82) is 0 Å². The Balaban J connectivity index is 0.000000171. The summed E-state index contributed by atoms with van der Waals surface area (Å²) in [6, 6.07) is 12.5. The van der Waals surface area contributed by atoms with Crippen LogP contribution in [0.25, 0.3) is 17.0 Å². The highest BCUT2D eigenvalue weighted by Crippen LogP contribution is 2.24. The molecule has 7 heteroatoms. The van der Waals surface area contributed by atoms with Gasteiger partial charge in [-0.25, -0.2) is 4.98 Å². The molecule has 3 aromatic rings. The first-order valence-electron chi connectivity index (χ1n) is 9.01. The predicted molar refractivity (Wildman–Crippen MR) is 114 cm³/mol. The van der Waals surface area contributed by atoms with Crippen LogP contribution in [0, 0.1) is 0 Å². The molecule has 2 aromatic carbocycles. The van der Waals surface area contributed by atoms with Crippen molar-refractivity contribution >= 4 is 46.9 Å². The number of aliphatic hydroxyl groups is 1. The number of aliphatic hydroxyl groups excluding tert-OH is 1. The number of halogens is 1. The van der Waals surface area contributed by atoms with E-state index in [1.807, 2.05) is 12.1 Å². The number of allylic oxidation sites excluding steroid dienone is 1. The van der Waals surface area contributed by atoms with Gasteiger partial charge in [0.1, 0.15) is 10.9 Å². The van der Waals surface area contributed by atoms with Crippen molar-refractivity contribution in [2.24, 2.45) is 0 Å². The van der Waals surface area contributed by atoms with Gasteiger partial charge in [0.2, 0.25) is 0 Å². The van der Waals surface area contributed by atoms with Crippen molar-refractivity contribution in [3.05, 3.63) is 75.4 Å². The van der Waals surface area contributed by atoms with Crippen molar-refractivity contribution in [2.45, 2.75) is 13.0 Å². The molecular formula is C23H18ClNO5. The second-order valence-electron chi connectivity index (χ2n) is 6.55.